The van der Waals surface area contributed by atoms with Gasteiger partial charge in [0.05, 0.1) is 12.6 Å². The maximum Gasteiger partial charge on any atom is 0.119 e. The number of ether oxygens (including phenoxy) is 1. The van der Waals surface area contributed by atoms with Crippen LogP contribution in [0.1, 0.15) is 29.2 Å². The van der Waals surface area contributed by atoms with Crippen molar-refractivity contribution >= 4 is 12.2 Å². The highest BCUT2D eigenvalue weighted by atomic mass is 16.5. The Balaban J connectivity index is 2.29. The molecule has 1 aliphatic carbocycles. The summed E-state index contributed by atoms with van der Waals surface area (Å²) in [7, 11) is 1.65. The molecular formula is C17H17NO2. The van der Waals surface area contributed by atoms with E-state index in [4.69, 9.17) is 4.74 Å². The summed E-state index contributed by atoms with van der Waals surface area (Å²) < 4.78 is 5.28. The van der Waals surface area contributed by atoms with Gasteiger partial charge in [0.1, 0.15) is 5.75 Å². The maximum atomic E-state index is 9.79. The van der Waals surface area contributed by atoms with E-state index in [0.717, 1.165) is 28.0 Å². The van der Waals surface area contributed by atoms with Gasteiger partial charge >= 0.3 is 0 Å². The van der Waals surface area contributed by atoms with E-state index in [2.05, 4.69) is 17.6 Å². The fourth-order valence-corrected chi connectivity index (χ4v) is 2.80. The molecule has 0 spiro atoms. The minimum Gasteiger partial charge on any atom is -0.497 e. The molecule has 1 aliphatic rings. The lowest BCUT2D eigenvalue weighted by atomic mass is 9.82. The van der Waals surface area contributed by atoms with E-state index in [9.17, 15) is 5.21 Å². The van der Waals surface area contributed by atoms with Gasteiger partial charge < -0.3 is 9.94 Å². The maximum absolute atomic E-state index is 9.79. The van der Waals surface area contributed by atoms with Crippen LogP contribution < -0.4 is 10.2 Å². The molecule has 2 N–H and O–H groups in total. The van der Waals surface area contributed by atoms with Gasteiger partial charge in [-0.3, -0.25) is 0 Å². The second kappa shape index (κ2) is 4.78. The predicted molar refractivity (Wildman–Crippen MR) is 79.7 cm³/mol. The Morgan fingerprint density at radius 1 is 1.00 bits per heavy atom. The average molecular weight is 267 g/mol. The van der Waals surface area contributed by atoms with Crippen LogP contribution in [0.25, 0.3) is 12.2 Å². The second-order valence-electron chi connectivity index (χ2n) is 5.11. The highest BCUT2D eigenvalue weighted by Crippen LogP contribution is 2.38. The summed E-state index contributed by atoms with van der Waals surface area (Å²) in [5.74, 6) is 0.805. The number of methoxy groups -OCH3 is 1. The van der Waals surface area contributed by atoms with Gasteiger partial charge in [0.25, 0.3) is 0 Å². The van der Waals surface area contributed by atoms with Crippen molar-refractivity contribution in [1.82, 2.24) is 5.48 Å². The van der Waals surface area contributed by atoms with Gasteiger partial charge in [0, 0.05) is 0 Å². The lowest BCUT2D eigenvalue weighted by Crippen LogP contribution is -2.39. The van der Waals surface area contributed by atoms with E-state index < -0.39 is 5.54 Å². The molecule has 1 atom stereocenters. The first-order chi connectivity index (χ1) is 9.69. The molecule has 2 aromatic carbocycles. The van der Waals surface area contributed by atoms with Gasteiger partial charge in [-0.05, 0) is 41.3 Å². The van der Waals surface area contributed by atoms with Gasteiger partial charge in [-0.2, -0.15) is 5.48 Å². The fourth-order valence-electron chi connectivity index (χ4n) is 2.80. The molecule has 2 aromatic rings. The monoisotopic (exact) mass is 267 g/mol. The smallest absolute Gasteiger partial charge is 0.119 e. The van der Waals surface area contributed by atoms with Crippen molar-refractivity contribution in [3.63, 3.8) is 0 Å². The highest BCUT2D eigenvalue weighted by molar-refractivity contribution is 5.78. The first-order valence-electron chi connectivity index (χ1n) is 6.56. The summed E-state index contributed by atoms with van der Waals surface area (Å²) in [6, 6.07) is 13.9. The topological polar surface area (TPSA) is 41.5 Å². The molecule has 0 fully saturated rings. The van der Waals surface area contributed by atoms with E-state index in [0.29, 0.717) is 0 Å². The SMILES string of the molecule is COc1ccc2c(c1)C=Cc1ccccc1[C@@]2(C)NO. The molecule has 3 nitrogen and oxygen atoms in total. The van der Waals surface area contributed by atoms with Crippen molar-refractivity contribution in [2.24, 2.45) is 0 Å². The predicted octanol–water partition coefficient (Wildman–Crippen LogP) is 3.42. The summed E-state index contributed by atoms with van der Waals surface area (Å²) in [4.78, 5) is 0. The molecule has 0 radical (unpaired) electrons. The van der Waals surface area contributed by atoms with Crippen LogP contribution in [-0.2, 0) is 5.54 Å². The molecule has 102 valence electrons. The van der Waals surface area contributed by atoms with Gasteiger partial charge in [-0.1, -0.05) is 42.5 Å². The van der Waals surface area contributed by atoms with Crippen LogP contribution in [0.3, 0.4) is 0 Å². The molecular weight excluding hydrogens is 250 g/mol. The van der Waals surface area contributed by atoms with E-state index >= 15 is 0 Å². The van der Waals surface area contributed by atoms with Crippen LogP contribution in [-0.4, -0.2) is 12.3 Å². The van der Waals surface area contributed by atoms with E-state index in [1.54, 1.807) is 7.11 Å². The van der Waals surface area contributed by atoms with Crippen molar-refractivity contribution in [1.29, 1.82) is 0 Å². The Hall–Kier alpha value is -2.10. The Bertz CT molecular complexity index is 678. The lowest BCUT2D eigenvalue weighted by molar-refractivity contribution is 0.0921. The van der Waals surface area contributed by atoms with Crippen LogP contribution in [0.5, 0.6) is 5.75 Å². The third kappa shape index (κ3) is 1.83. The average Bonchev–Trinajstić information content (AvgIpc) is 2.63. The van der Waals surface area contributed by atoms with E-state index in [1.165, 1.54) is 0 Å². The van der Waals surface area contributed by atoms with Crippen LogP contribution >= 0.6 is 0 Å². The van der Waals surface area contributed by atoms with Gasteiger partial charge in [0.15, 0.2) is 0 Å². The number of hydrogen-bond donors (Lipinski definition) is 2. The summed E-state index contributed by atoms with van der Waals surface area (Å²) in [5, 5.41) is 9.79. The second-order valence-corrected chi connectivity index (χ2v) is 5.11. The summed E-state index contributed by atoms with van der Waals surface area (Å²) in [6.07, 6.45) is 4.12. The quantitative estimate of drug-likeness (QED) is 0.819. The highest BCUT2D eigenvalue weighted by Gasteiger charge is 2.33. The lowest BCUT2D eigenvalue weighted by Gasteiger charge is -2.31. The largest absolute Gasteiger partial charge is 0.497 e. The zero-order valence-corrected chi connectivity index (χ0v) is 11.6. The molecule has 0 aromatic heterocycles. The molecule has 0 bridgehead atoms. The Morgan fingerprint density at radius 2 is 1.70 bits per heavy atom. The molecule has 0 amide bonds. The molecule has 0 saturated carbocycles. The van der Waals surface area contributed by atoms with Crippen LogP contribution in [0.4, 0.5) is 0 Å². The van der Waals surface area contributed by atoms with Crippen LogP contribution in [0.15, 0.2) is 42.5 Å². The van der Waals surface area contributed by atoms with Crippen LogP contribution in [0, 0.1) is 0 Å². The van der Waals surface area contributed by atoms with Crippen molar-refractivity contribution in [2.75, 3.05) is 7.11 Å². The summed E-state index contributed by atoms with van der Waals surface area (Å²) in [6.45, 7) is 1.98. The minimum absolute atomic E-state index is 0.651. The number of rotatable bonds is 2. The van der Waals surface area contributed by atoms with Gasteiger partial charge in [0.2, 0.25) is 0 Å². The van der Waals surface area contributed by atoms with Crippen molar-refractivity contribution in [3.05, 3.63) is 64.7 Å². The Kier molecular flexibility index (Phi) is 3.08. The molecule has 0 heterocycles. The fraction of sp³-hybridized carbons (Fsp3) is 0.176. The molecule has 0 aliphatic heterocycles. The van der Waals surface area contributed by atoms with Gasteiger partial charge in [-0.15, -0.1) is 0 Å². The molecule has 0 saturated heterocycles. The standard InChI is InChI=1S/C17H17NO2/c1-17(18-19)15-6-4-3-5-12(15)7-8-13-11-14(20-2)9-10-16(13)17/h3-11,18-19H,1-2H3/t17-/m1/s1. The molecule has 3 rings (SSSR count). The first-order valence-corrected chi connectivity index (χ1v) is 6.56. The summed E-state index contributed by atoms with van der Waals surface area (Å²) in [5.41, 5.74) is 6.02. The zero-order valence-electron chi connectivity index (χ0n) is 11.6. The molecule has 0 unspecified atom stereocenters. The van der Waals surface area contributed by atoms with E-state index in [1.807, 2.05) is 49.4 Å². The van der Waals surface area contributed by atoms with Crippen molar-refractivity contribution < 1.29 is 9.94 Å². The first kappa shape index (κ1) is 12.9. The zero-order chi connectivity index (χ0) is 14.2. The van der Waals surface area contributed by atoms with Gasteiger partial charge in [-0.25, -0.2) is 0 Å². The minimum atomic E-state index is -0.651. The Morgan fingerprint density at radius 3 is 2.45 bits per heavy atom. The normalized spacial score (nSPS) is 19.9. The van der Waals surface area contributed by atoms with Crippen molar-refractivity contribution in [2.45, 2.75) is 12.5 Å². The number of nitrogens with one attached hydrogen (secondary N) is 1. The number of fused-ring (bicyclic) bond motifs is 2. The van der Waals surface area contributed by atoms with Crippen molar-refractivity contribution in [3.8, 4) is 5.75 Å². The number of hydroxylamine groups is 1. The third-order valence-electron chi connectivity index (χ3n) is 3.96. The van der Waals surface area contributed by atoms with Crippen LogP contribution in [0.2, 0.25) is 0 Å². The molecule has 20 heavy (non-hydrogen) atoms. The number of hydrogen-bond acceptors (Lipinski definition) is 3. The Labute approximate surface area is 118 Å². The van der Waals surface area contributed by atoms with E-state index in [-0.39, 0.29) is 0 Å². The summed E-state index contributed by atoms with van der Waals surface area (Å²) >= 11 is 0. The third-order valence-corrected chi connectivity index (χ3v) is 3.96. The number of benzene rings is 2. The molecule has 3 heteroatoms.